The molecule has 1 aromatic heterocycles. The quantitative estimate of drug-likeness (QED) is 0.778. The number of carbonyl (C=O) groups is 1. The zero-order valence-electron chi connectivity index (χ0n) is 9.93. The zero-order chi connectivity index (χ0) is 12.3. The number of nitrogens with zero attached hydrogens (tertiary/aromatic N) is 2. The number of hydrogen-bond acceptors (Lipinski definition) is 4. The summed E-state index contributed by atoms with van der Waals surface area (Å²) in [4.78, 5) is 19.9. The van der Waals surface area contributed by atoms with Gasteiger partial charge in [-0.1, -0.05) is 12.1 Å². The van der Waals surface area contributed by atoms with E-state index in [1.807, 2.05) is 31.2 Å². The van der Waals surface area contributed by atoms with Crippen molar-refractivity contribution in [3.05, 3.63) is 30.0 Å². The summed E-state index contributed by atoms with van der Waals surface area (Å²) in [7, 11) is 0. The fraction of sp³-hybridized carbons (Fsp3) is 0.308. The smallest absolute Gasteiger partial charge is 0.130 e. The lowest BCUT2D eigenvalue weighted by Crippen LogP contribution is -1.96. The number of para-hydroxylation sites is 2. The molecule has 88 valence electrons. The number of thioether (sulfide) groups is 1. The van der Waals surface area contributed by atoms with Crippen LogP contribution in [0.2, 0.25) is 0 Å². The molecule has 0 saturated heterocycles. The molecule has 0 bridgehead atoms. The third-order valence-corrected chi connectivity index (χ3v) is 3.46. The van der Waals surface area contributed by atoms with Gasteiger partial charge in [-0.15, -0.1) is 11.8 Å². The van der Waals surface area contributed by atoms with Crippen molar-refractivity contribution in [2.75, 3.05) is 5.75 Å². The van der Waals surface area contributed by atoms with Crippen LogP contribution in [0.5, 0.6) is 0 Å². The first kappa shape index (κ1) is 12.0. The van der Waals surface area contributed by atoms with Crippen molar-refractivity contribution in [2.45, 2.75) is 25.3 Å². The predicted octanol–water partition coefficient (Wildman–Crippen LogP) is 3.01. The van der Waals surface area contributed by atoms with Crippen LogP contribution in [0, 0.1) is 6.92 Å². The Bertz CT molecular complexity index is 554. The van der Waals surface area contributed by atoms with Crippen LogP contribution in [-0.2, 0) is 4.79 Å². The number of aromatic nitrogens is 2. The van der Waals surface area contributed by atoms with Crippen molar-refractivity contribution in [2.24, 2.45) is 0 Å². The first-order valence-corrected chi connectivity index (χ1v) is 6.51. The van der Waals surface area contributed by atoms with Crippen LogP contribution in [0.3, 0.4) is 0 Å². The normalized spacial score (nSPS) is 10.7. The molecule has 0 N–H and O–H groups in total. The SMILES string of the molecule is CC(=O)CCSc1nc2ccccc2nc1C. The molecule has 0 fully saturated rings. The van der Waals surface area contributed by atoms with Gasteiger partial charge < -0.3 is 0 Å². The Morgan fingerprint density at radius 3 is 2.53 bits per heavy atom. The number of rotatable bonds is 4. The Kier molecular flexibility index (Phi) is 3.74. The highest BCUT2D eigenvalue weighted by molar-refractivity contribution is 7.99. The molecule has 2 aromatic rings. The third-order valence-electron chi connectivity index (χ3n) is 2.39. The van der Waals surface area contributed by atoms with Crippen molar-refractivity contribution in [3.8, 4) is 0 Å². The predicted molar refractivity (Wildman–Crippen MR) is 70.3 cm³/mol. The van der Waals surface area contributed by atoms with Crippen molar-refractivity contribution in [1.82, 2.24) is 9.97 Å². The molecular formula is C13H14N2OS. The van der Waals surface area contributed by atoms with Gasteiger partial charge in [-0.3, -0.25) is 4.79 Å². The number of aryl methyl sites for hydroxylation is 1. The highest BCUT2D eigenvalue weighted by Crippen LogP contribution is 2.22. The van der Waals surface area contributed by atoms with Crippen LogP contribution in [0.15, 0.2) is 29.3 Å². The number of hydrogen-bond donors (Lipinski definition) is 0. The zero-order valence-corrected chi connectivity index (χ0v) is 10.8. The number of Topliss-reactive ketones (excluding diaryl/α,β-unsaturated/α-hetero) is 1. The molecule has 1 aromatic carbocycles. The molecule has 2 rings (SSSR count). The Hall–Kier alpha value is -1.42. The van der Waals surface area contributed by atoms with Crippen molar-refractivity contribution >= 4 is 28.6 Å². The average molecular weight is 246 g/mol. The van der Waals surface area contributed by atoms with E-state index in [0.29, 0.717) is 6.42 Å². The van der Waals surface area contributed by atoms with Gasteiger partial charge in [-0.2, -0.15) is 0 Å². The van der Waals surface area contributed by atoms with Gasteiger partial charge in [0.25, 0.3) is 0 Å². The molecule has 0 amide bonds. The summed E-state index contributed by atoms with van der Waals surface area (Å²) < 4.78 is 0. The van der Waals surface area contributed by atoms with E-state index in [-0.39, 0.29) is 5.78 Å². The summed E-state index contributed by atoms with van der Waals surface area (Å²) in [5, 5.41) is 0.921. The molecule has 17 heavy (non-hydrogen) atoms. The van der Waals surface area contributed by atoms with Gasteiger partial charge in [0.15, 0.2) is 0 Å². The Balaban J connectivity index is 2.22. The van der Waals surface area contributed by atoms with E-state index in [0.717, 1.165) is 27.5 Å². The van der Waals surface area contributed by atoms with Crippen molar-refractivity contribution in [3.63, 3.8) is 0 Å². The fourth-order valence-corrected chi connectivity index (χ4v) is 2.50. The Morgan fingerprint density at radius 1 is 1.24 bits per heavy atom. The van der Waals surface area contributed by atoms with Crippen LogP contribution in [-0.4, -0.2) is 21.5 Å². The van der Waals surface area contributed by atoms with Gasteiger partial charge in [0.1, 0.15) is 10.8 Å². The Labute approximate surface area is 105 Å². The topological polar surface area (TPSA) is 42.9 Å². The largest absolute Gasteiger partial charge is 0.300 e. The summed E-state index contributed by atoms with van der Waals surface area (Å²) >= 11 is 1.60. The van der Waals surface area contributed by atoms with Gasteiger partial charge in [0.05, 0.1) is 16.7 Å². The number of benzene rings is 1. The van der Waals surface area contributed by atoms with E-state index in [1.54, 1.807) is 18.7 Å². The lowest BCUT2D eigenvalue weighted by atomic mass is 10.3. The number of carbonyl (C=O) groups excluding carboxylic acids is 1. The monoisotopic (exact) mass is 246 g/mol. The molecule has 1 heterocycles. The summed E-state index contributed by atoms with van der Waals surface area (Å²) in [6.45, 7) is 3.56. The second kappa shape index (κ2) is 5.27. The van der Waals surface area contributed by atoms with Gasteiger partial charge in [0.2, 0.25) is 0 Å². The molecule has 0 aliphatic rings. The maximum absolute atomic E-state index is 10.9. The first-order valence-electron chi connectivity index (χ1n) is 5.52. The van der Waals surface area contributed by atoms with Crippen LogP contribution in [0.1, 0.15) is 19.0 Å². The molecule has 0 radical (unpaired) electrons. The van der Waals surface area contributed by atoms with Crippen molar-refractivity contribution in [1.29, 1.82) is 0 Å². The minimum Gasteiger partial charge on any atom is -0.300 e. The minimum atomic E-state index is 0.212. The molecule has 0 atom stereocenters. The molecule has 0 aliphatic heterocycles. The lowest BCUT2D eigenvalue weighted by molar-refractivity contribution is -0.116. The van der Waals surface area contributed by atoms with E-state index in [2.05, 4.69) is 9.97 Å². The Morgan fingerprint density at radius 2 is 1.88 bits per heavy atom. The van der Waals surface area contributed by atoms with Crippen LogP contribution >= 0.6 is 11.8 Å². The molecule has 0 spiro atoms. The highest BCUT2D eigenvalue weighted by Gasteiger charge is 2.05. The van der Waals surface area contributed by atoms with Crippen molar-refractivity contribution < 1.29 is 4.79 Å². The first-order chi connectivity index (χ1) is 8.16. The third kappa shape index (κ3) is 3.03. The number of fused-ring (bicyclic) bond motifs is 1. The van der Waals surface area contributed by atoms with E-state index in [4.69, 9.17) is 0 Å². The average Bonchev–Trinajstić information content (AvgIpc) is 2.29. The molecule has 0 aliphatic carbocycles. The fourth-order valence-electron chi connectivity index (χ4n) is 1.50. The van der Waals surface area contributed by atoms with Gasteiger partial charge in [-0.05, 0) is 26.0 Å². The van der Waals surface area contributed by atoms with Crippen LogP contribution in [0.25, 0.3) is 11.0 Å². The second-order valence-corrected chi connectivity index (χ2v) is 4.99. The maximum atomic E-state index is 10.9. The molecule has 0 unspecified atom stereocenters. The van der Waals surface area contributed by atoms with Gasteiger partial charge >= 0.3 is 0 Å². The molecular weight excluding hydrogens is 232 g/mol. The van der Waals surface area contributed by atoms with E-state index in [1.165, 1.54) is 0 Å². The summed E-state index contributed by atoms with van der Waals surface area (Å²) in [5.41, 5.74) is 2.75. The van der Waals surface area contributed by atoms with E-state index in [9.17, 15) is 4.79 Å². The van der Waals surface area contributed by atoms with Crippen LogP contribution in [0.4, 0.5) is 0 Å². The standard InChI is InChI=1S/C13H14N2OS/c1-9(16)7-8-17-13-10(2)14-11-5-3-4-6-12(11)15-13/h3-6H,7-8H2,1-2H3. The summed E-state index contributed by atoms with van der Waals surface area (Å²) in [6.07, 6.45) is 0.582. The molecule has 0 saturated carbocycles. The summed E-state index contributed by atoms with van der Waals surface area (Å²) in [5.74, 6) is 0.979. The molecule has 4 heteroatoms. The van der Waals surface area contributed by atoms with E-state index >= 15 is 0 Å². The lowest BCUT2D eigenvalue weighted by Gasteiger charge is -2.05. The minimum absolute atomic E-state index is 0.212. The van der Waals surface area contributed by atoms with Gasteiger partial charge in [0, 0.05) is 12.2 Å². The van der Waals surface area contributed by atoms with E-state index < -0.39 is 0 Å². The maximum Gasteiger partial charge on any atom is 0.130 e. The summed E-state index contributed by atoms with van der Waals surface area (Å²) in [6, 6.07) is 7.82. The number of ketones is 1. The highest BCUT2D eigenvalue weighted by atomic mass is 32.2. The van der Waals surface area contributed by atoms with Gasteiger partial charge in [-0.25, -0.2) is 9.97 Å². The van der Waals surface area contributed by atoms with Crippen LogP contribution < -0.4 is 0 Å². The molecule has 3 nitrogen and oxygen atoms in total. The second-order valence-electron chi connectivity index (χ2n) is 3.90.